The first-order chi connectivity index (χ1) is 7.16. The highest BCUT2D eigenvalue weighted by atomic mass is 35.5. The zero-order valence-corrected chi connectivity index (χ0v) is 9.80. The molecule has 0 aliphatic heterocycles. The minimum absolute atomic E-state index is 0. The smallest absolute Gasteiger partial charge is 0.307 e. The van der Waals surface area contributed by atoms with Crippen LogP contribution in [0.2, 0.25) is 0 Å². The summed E-state index contributed by atoms with van der Waals surface area (Å²) in [6.45, 7) is 0. The number of rotatable bonds is 2. The van der Waals surface area contributed by atoms with Gasteiger partial charge in [-0.05, 0) is 36.0 Å². The molecular formula is C12H16ClNO2. The highest BCUT2D eigenvalue weighted by Gasteiger charge is 2.17. The SMILES string of the molecule is Cl.NC1CCCc2ccc(CC(=O)O)cc21. The van der Waals surface area contributed by atoms with Crippen molar-refractivity contribution < 1.29 is 9.90 Å². The first-order valence-corrected chi connectivity index (χ1v) is 5.26. The minimum atomic E-state index is -0.792. The van der Waals surface area contributed by atoms with E-state index in [1.54, 1.807) is 0 Å². The van der Waals surface area contributed by atoms with Gasteiger partial charge in [0.1, 0.15) is 0 Å². The van der Waals surface area contributed by atoms with Crippen LogP contribution in [-0.2, 0) is 17.6 Å². The molecule has 0 fully saturated rings. The molecule has 0 saturated heterocycles. The van der Waals surface area contributed by atoms with Crippen molar-refractivity contribution in [3.05, 3.63) is 34.9 Å². The number of fused-ring (bicyclic) bond motifs is 1. The minimum Gasteiger partial charge on any atom is -0.481 e. The van der Waals surface area contributed by atoms with Crippen LogP contribution in [0.5, 0.6) is 0 Å². The maximum absolute atomic E-state index is 10.6. The van der Waals surface area contributed by atoms with E-state index in [-0.39, 0.29) is 24.9 Å². The molecule has 3 nitrogen and oxygen atoms in total. The number of halogens is 1. The summed E-state index contributed by atoms with van der Waals surface area (Å²) < 4.78 is 0. The first-order valence-electron chi connectivity index (χ1n) is 5.26. The van der Waals surface area contributed by atoms with Gasteiger partial charge >= 0.3 is 5.97 Å². The van der Waals surface area contributed by atoms with Crippen LogP contribution in [0.1, 0.15) is 35.6 Å². The highest BCUT2D eigenvalue weighted by molar-refractivity contribution is 5.85. The molecule has 0 amide bonds. The van der Waals surface area contributed by atoms with Gasteiger partial charge in [0, 0.05) is 6.04 Å². The average molecular weight is 242 g/mol. The van der Waals surface area contributed by atoms with Gasteiger partial charge in [-0.15, -0.1) is 12.4 Å². The van der Waals surface area contributed by atoms with Crippen molar-refractivity contribution in [3.63, 3.8) is 0 Å². The molecule has 4 heteroatoms. The molecule has 2 rings (SSSR count). The largest absolute Gasteiger partial charge is 0.481 e. The fraction of sp³-hybridized carbons (Fsp3) is 0.417. The molecule has 1 aliphatic rings. The van der Waals surface area contributed by atoms with Gasteiger partial charge in [-0.25, -0.2) is 0 Å². The van der Waals surface area contributed by atoms with Gasteiger partial charge in [0.15, 0.2) is 0 Å². The summed E-state index contributed by atoms with van der Waals surface area (Å²) >= 11 is 0. The molecule has 0 saturated carbocycles. The van der Waals surface area contributed by atoms with Crippen LogP contribution >= 0.6 is 12.4 Å². The normalized spacial score (nSPS) is 18.4. The van der Waals surface area contributed by atoms with E-state index in [4.69, 9.17) is 10.8 Å². The quantitative estimate of drug-likeness (QED) is 0.833. The Morgan fingerprint density at radius 2 is 2.25 bits per heavy atom. The molecular weight excluding hydrogens is 226 g/mol. The lowest BCUT2D eigenvalue weighted by molar-refractivity contribution is -0.136. The summed E-state index contributed by atoms with van der Waals surface area (Å²) in [5.41, 5.74) is 9.26. The van der Waals surface area contributed by atoms with Gasteiger partial charge in [-0.1, -0.05) is 18.2 Å². The summed E-state index contributed by atoms with van der Waals surface area (Å²) in [5, 5.41) is 8.71. The number of hydrogen-bond donors (Lipinski definition) is 2. The Morgan fingerprint density at radius 3 is 2.94 bits per heavy atom. The van der Waals surface area contributed by atoms with Crippen LogP contribution in [0.25, 0.3) is 0 Å². The van der Waals surface area contributed by atoms with E-state index >= 15 is 0 Å². The summed E-state index contributed by atoms with van der Waals surface area (Å²) in [4.78, 5) is 10.6. The topological polar surface area (TPSA) is 63.3 Å². The molecule has 0 bridgehead atoms. The molecule has 0 radical (unpaired) electrons. The maximum atomic E-state index is 10.6. The number of hydrogen-bond acceptors (Lipinski definition) is 2. The molecule has 3 N–H and O–H groups in total. The molecule has 0 spiro atoms. The number of aryl methyl sites for hydroxylation is 1. The van der Waals surface area contributed by atoms with Gasteiger partial charge < -0.3 is 10.8 Å². The lowest BCUT2D eigenvalue weighted by Gasteiger charge is -2.22. The van der Waals surface area contributed by atoms with Crippen LogP contribution in [-0.4, -0.2) is 11.1 Å². The fourth-order valence-corrected chi connectivity index (χ4v) is 2.17. The molecule has 88 valence electrons. The molecule has 16 heavy (non-hydrogen) atoms. The Balaban J connectivity index is 0.00000128. The molecule has 0 aromatic heterocycles. The molecule has 1 aliphatic carbocycles. The zero-order valence-electron chi connectivity index (χ0n) is 8.98. The lowest BCUT2D eigenvalue weighted by Crippen LogP contribution is -2.17. The molecule has 1 atom stereocenters. The van der Waals surface area contributed by atoms with Crippen LogP contribution in [0.15, 0.2) is 18.2 Å². The number of aliphatic carboxylic acids is 1. The van der Waals surface area contributed by atoms with E-state index in [9.17, 15) is 4.79 Å². The Kier molecular flexibility index (Phi) is 4.33. The second-order valence-electron chi connectivity index (χ2n) is 4.10. The monoisotopic (exact) mass is 241 g/mol. The Labute approximate surface area is 101 Å². The molecule has 1 unspecified atom stereocenters. The third-order valence-electron chi connectivity index (χ3n) is 2.93. The van der Waals surface area contributed by atoms with Crippen molar-refractivity contribution in [2.75, 3.05) is 0 Å². The van der Waals surface area contributed by atoms with Crippen molar-refractivity contribution >= 4 is 18.4 Å². The second kappa shape index (κ2) is 5.32. The third kappa shape index (κ3) is 2.74. The van der Waals surface area contributed by atoms with Gasteiger partial charge in [-0.2, -0.15) is 0 Å². The maximum Gasteiger partial charge on any atom is 0.307 e. The van der Waals surface area contributed by atoms with Crippen LogP contribution < -0.4 is 5.73 Å². The van der Waals surface area contributed by atoms with E-state index in [1.807, 2.05) is 18.2 Å². The van der Waals surface area contributed by atoms with Gasteiger partial charge in [0.2, 0.25) is 0 Å². The highest BCUT2D eigenvalue weighted by Crippen LogP contribution is 2.28. The number of carboxylic acid groups (broad SMARTS) is 1. The van der Waals surface area contributed by atoms with Crippen molar-refractivity contribution in [2.24, 2.45) is 5.73 Å². The van der Waals surface area contributed by atoms with Crippen LogP contribution in [0.3, 0.4) is 0 Å². The zero-order chi connectivity index (χ0) is 10.8. The van der Waals surface area contributed by atoms with Gasteiger partial charge in [0.05, 0.1) is 6.42 Å². The van der Waals surface area contributed by atoms with E-state index in [1.165, 1.54) is 5.56 Å². The molecule has 0 heterocycles. The number of carboxylic acids is 1. The van der Waals surface area contributed by atoms with Gasteiger partial charge in [0.25, 0.3) is 0 Å². The molecule has 1 aromatic rings. The summed E-state index contributed by atoms with van der Waals surface area (Å²) in [6, 6.07) is 5.95. The van der Waals surface area contributed by atoms with Crippen LogP contribution in [0, 0.1) is 0 Å². The Morgan fingerprint density at radius 1 is 1.50 bits per heavy atom. The van der Waals surface area contributed by atoms with Crippen LogP contribution in [0.4, 0.5) is 0 Å². The van der Waals surface area contributed by atoms with Crippen molar-refractivity contribution in [1.29, 1.82) is 0 Å². The van der Waals surface area contributed by atoms with Gasteiger partial charge in [-0.3, -0.25) is 4.79 Å². The van der Waals surface area contributed by atoms with Crippen molar-refractivity contribution in [2.45, 2.75) is 31.7 Å². The van der Waals surface area contributed by atoms with E-state index in [0.29, 0.717) is 0 Å². The predicted molar refractivity (Wildman–Crippen MR) is 64.9 cm³/mol. The third-order valence-corrected chi connectivity index (χ3v) is 2.93. The van der Waals surface area contributed by atoms with E-state index in [0.717, 1.165) is 30.4 Å². The standard InChI is InChI=1S/C12H15NO2.ClH/c13-11-3-1-2-9-5-4-8(6-10(9)11)7-12(14)15;/h4-6,11H,1-3,7,13H2,(H,14,15);1H. The predicted octanol–water partition coefficient (Wildman–Crippen LogP) is 2.07. The lowest BCUT2D eigenvalue weighted by atomic mass is 9.87. The fourth-order valence-electron chi connectivity index (χ4n) is 2.17. The van der Waals surface area contributed by atoms with Crippen molar-refractivity contribution in [1.82, 2.24) is 0 Å². The Hall–Kier alpha value is -1.06. The Bertz CT molecular complexity index is 393. The summed E-state index contributed by atoms with van der Waals surface area (Å²) in [6.07, 6.45) is 3.28. The van der Waals surface area contributed by atoms with E-state index in [2.05, 4.69) is 0 Å². The van der Waals surface area contributed by atoms with E-state index < -0.39 is 5.97 Å². The summed E-state index contributed by atoms with van der Waals surface area (Å²) in [5.74, 6) is -0.792. The second-order valence-corrected chi connectivity index (χ2v) is 4.10. The first kappa shape index (κ1) is 13.0. The average Bonchev–Trinajstić information content (AvgIpc) is 2.18. The number of benzene rings is 1. The van der Waals surface area contributed by atoms with Crippen molar-refractivity contribution in [3.8, 4) is 0 Å². The summed E-state index contributed by atoms with van der Waals surface area (Å²) in [7, 11) is 0. The number of nitrogens with two attached hydrogens (primary N) is 1. The molecule has 1 aromatic carbocycles. The number of carbonyl (C=O) groups is 1.